The Labute approximate surface area is 126 Å². The number of nitrogens with zero attached hydrogens (tertiary/aromatic N) is 2. The molecular weight excluding hydrogens is 266 g/mol. The van der Waals surface area contributed by atoms with E-state index in [9.17, 15) is 4.79 Å². The van der Waals surface area contributed by atoms with Gasteiger partial charge in [0.05, 0.1) is 12.7 Å². The highest BCUT2D eigenvalue weighted by molar-refractivity contribution is 5.93. The summed E-state index contributed by atoms with van der Waals surface area (Å²) in [7, 11) is 1.56. The number of rotatable bonds is 6. The molecule has 1 aromatic heterocycles. The number of pyridine rings is 1. The van der Waals surface area contributed by atoms with Crippen LogP contribution in [0.3, 0.4) is 0 Å². The molecule has 1 amide bonds. The predicted molar refractivity (Wildman–Crippen MR) is 82.6 cm³/mol. The molecule has 1 saturated heterocycles. The summed E-state index contributed by atoms with van der Waals surface area (Å²) >= 11 is 0. The van der Waals surface area contributed by atoms with E-state index in [4.69, 9.17) is 4.74 Å². The van der Waals surface area contributed by atoms with Crippen molar-refractivity contribution in [1.29, 1.82) is 0 Å². The van der Waals surface area contributed by atoms with Crippen molar-refractivity contribution in [2.75, 3.05) is 33.3 Å². The van der Waals surface area contributed by atoms with Gasteiger partial charge in [-0.05, 0) is 45.0 Å². The van der Waals surface area contributed by atoms with Gasteiger partial charge in [-0.1, -0.05) is 12.8 Å². The van der Waals surface area contributed by atoms with Crippen LogP contribution in [0.4, 0.5) is 0 Å². The van der Waals surface area contributed by atoms with Gasteiger partial charge in [-0.3, -0.25) is 4.79 Å². The van der Waals surface area contributed by atoms with Crippen LogP contribution in [0.1, 0.15) is 42.5 Å². The number of nitrogens with one attached hydrogen (secondary N) is 1. The van der Waals surface area contributed by atoms with Crippen LogP contribution < -0.4 is 10.1 Å². The van der Waals surface area contributed by atoms with Crippen LogP contribution in [-0.4, -0.2) is 49.1 Å². The third-order valence-electron chi connectivity index (χ3n) is 3.84. The van der Waals surface area contributed by atoms with E-state index in [1.54, 1.807) is 25.4 Å². The number of amides is 1. The maximum atomic E-state index is 11.9. The largest absolute Gasteiger partial charge is 0.481 e. The molecule has 0 radical (unpaired) electrons. The van der Waals surface area contributed by atoms with Gasteiger partial charge in [-0.25, -0.2) is 4.98 Å². The van der Waals surface area contributed by atoms with E-state index < -0.39 is 0 Å². The number of carbonyl (C=O) groups excluding carboxylic acids is 1. The standard InChI is InChI=1S/C16H25N3O2/c1-21-15-8-7-14(13-18-15)16(20)17-9-6-12-19-10-4-2-3-5-11-19/h7-8,13H,2-6,9-12H2,1H3,(H,17,20). The fraction of sp³-hybridized carbons (Fsp3) is 0.625. The maximum absolute atomic E-state index is 11.9. The third-order valence-corrected chi connectivity index (χ3v) is 3.84. The highest BCUT2D eigenvalue weighted by Gasteiger charge is 2.09. The third kappa shape index (κ3) is 5.34. The van der Waals surface area contributed by atoms with Crippen molar-refractivity contribution in [3.8, 4) is 5.88 Å². The first-order chi connectivity index (χ1) is 10.3. The molecule has 2 rings (SSSR count). The van der Waals surface area contributed by atoms with Gasteiger partial charge in [-0.2, -0.15) is 0 Å². The van der Waals surface area contributed by atoms with Crippen LogP contribution in [0.2, 0.25) is 0 Å². The molecule has 1 aromatic rings. The second kappa shape index (κ2) is 8.62. The number of carbonyl (C=O) groups is 1. The highest BCUT2D eigenvalue weighted by atomic mass is 16.5. The minimum absolute atomic E-state index is 0.0685. The zero-order valence-electron chi connectivity index (χ0n) is 12.8. The maximum Gasteiger partial charge on any atom is 0.252 e. The van der Waals surface area contributed by atoms with Gasteiger partial charge in [0.2, 0.25) is 5.88 Å². The number of likely N-dealkylation sites (tertiary alicyclic amines) is 1. The SMILES string of the molecule is COc1ccc(C(=O)NCCCN2CCCCCC2)cn1. The minimum Gasteiger partial charge on any atom is -0.481 e. The molecule has 0 atom stereocenters. The van der Waals surface area contributed by atoms with Crippen LogP contribution in [-0.2, 0) is 0 Å². The summed E-state index contributed by atoms with van der Waals surface area (Å²) in [5.74, 6) is 0.453. The van der Waals surface area contributed by atoms with E-state index >= 15 is 0 Å². The summed E-state index contributed by atoms with van der Waals surface area (Å²) < 4.78 is 4.98. The Morgan fingerprint density at radius 1 is 1.29 bits per heavy atom. The van der Waals surface area contributed by atoms with Crippen LogP contribution in [0, 0.1) is 0 Å². The van der Waals surface area contributed by atoms with Crippen molar-refractivity contribution in [2.45, 2.75) is 32.1 Å². The quantitative estimate of drug-likeness (QED) is 0.815. The van der Waals surface area contributed by atoms with Crippen LogP contribution >= 0.6 is 0 Å². The Bertz CT molecular complexity index is 426. The Kier molecular flexibility index (Phi) is 6.47. The molecule has 1 aliphatic rings. The molecule has 0 bridgehead atoms. The first-order valence-electron chi connectivity index (χ1n) is 7.80. The summed E-state index contributed by atoms with van der Waals surface area (Å²) in [5.41, 5.74) is 0.575. The molecule has 5 heteroatoms. The Morgan fingerprint density at radius 2 is 2.05 bits per heavy atom. The van der Waals surface area contributed by atoms with E-state index in [0.29, 0.717) is 18.0 Å². The topological polar surface area (TPSA) is 54.5 Å². The Balaban J connectivity index is 1.66. The minimum atomic E-state index is -0.0685. The lowest BCUT2D eigenvalue weighted by molar-refractivity contribution is 0.0951. The summed E-state index contributed by atoms with van der Waals surface area (Å²) in [5, 5.41) is 2.95. The van der Waals surface area contributed by atoms with Crippen molar-refractivity contribution >= 4 is 5.91 Å². The Morgan fingerprint density at radius 3 is 2.67 bits per heavy atom. The zero-order chi connectivity index (χ0) is 14.9. The number of aromatic nitrogens is 1. The summed E-state index contributed by atoms with van der Waals surface area (Å²) in [6, 6.07) is 3.43. The second-order valence-electron chi connectivity index (χ2n) is 5.45. The molecule has 1 N–H and O–H groups in total. The lowest BCUT2D eigenvalue weighted by Crippen LogP contribution is -2.30. The van der Waals surface area contributed by atoms with E-state index in [0.717, 1.165) is 13.0 Å². The van der Waals surface area contributed by atoms with E-state index in [-0.39, 0.29) is 5.91 Å². The molecule has 116 valence electrons. The van der Waals surface area contributed by atoms with Gasteiger partial charge in [0.1, 0.15) is 0 Å². The monoisotopic (exact) mass is 291 g/mol. The van der Waals surface area contributed by atoms with Crippen LogP contribution in [0.25, 0.3) is 0 Å². The second-order valence-corrected chi connectivity index (χ2v) is 5.45. The number of hydrogen-bond donors (Lipinski definition) is 1. The van der Waals surface area contributed by atoms with E-state index in [1.807, 2.05) is 0 Å². The summed E-state index contributed by atoms with van der Waals surface area (Å²) in [6.07, 6.45) is 7.88. The smallest absolute Gasteiger partial charge is 0.252 e. The fourth-order valence-corrected chi connectivity index (χ4v) is 2.60. The first-order valence-corrected chi connectivity index (χ1v) is 7.80. The lowest BCUT2D eigenvalue weighted by Gasteiger charge is -2.19. The van der Waals surface area contributed by atoms with E-state index in [1.165, 1.54) is 38.8 Å². The zero-order valence-corrected chi connectivity index (χ0v) is 12.8. The molecule has 0 spiro atoms. The molecule has 1 fully saturated rings. The van der Waals surface area contributed by atoms with Gasteiger partial charge >= 0.3 is 0 Å². The molecule has 0 aromatic carbocycles. The molecule has 0 aliphatic carbocycles. The molecule has 0 unspecified atom stereocenters. The first kappa shape index (κ1) is 15.8. The number of ether oxygens (including phenoxy) is 1. The van der Waals surface area contributed by atoms with Gasteiger partial charge in [0.15, 0.2) is 0 Å². The summed E-state index contributed by atoms with van der Waals surface area (Å²) in [4.78, 5) is 18.5. The van der Waals surface area contributed by atoms with Crippen LogP contribution in [0.5, 0.6) is 5.88 Å². The van der Waals surface area contributed by atoms with E-state index in [2.05, 4.69) is 15.2 Å². The molecule has 5 nitrogen and oxygen atoms in total. The van der Waals surface area contributed by atoms with Gasteiger partial charge in [0.25, 0.3) is 5.91 Å². The predicted octanol–water partition coefficient (Wildman–Crippen LogP) is 2.09. The average Bonchev–Trinajstić information content (AvgIpc) is 2.80. The van der Waals surface area contributed by atoms with Crippen LogP contribution in [0.15, 0.2) is 18.3 Å². The van der Waals surface area contributed by atoms with Crippen molar-refractivity contribution in [2.24, 2.45) is 0 Å². The Hall–Kier alpha value is -1.62. The van der Waals surface area contributed by atoms with Crippen molar-refractivity contribution in [3.05, 3.63) is 23.9 Å². The molecule has 21 heavy (non-hydrogen) atoms. The molecule has 1 aliphatic heterocycles. The normalized spacial score (nSPS) is 16.2. The van der Waals surface area contributed by atoms with Crippen molar-refractivity contribution < 1.29 is 9.53 Å². The fourth-order valence-electron chi connectivity index (χ4n) is 2.60. The van der Waals surface area contributed by atoms with Gasteiger partial charge in [0, 0.05) is 18.8 Å². The average molecular weight is 291 g/mol. The molecule has 0 saturated carbocycles. The van der Waals surface area contributed by atoms with Crippen molar-refractivity contribution in [1.82, 2.24) is 15.2 Å². The molecular formula is C16H25N3O2. The number of methoxy groups -OCH3 is 1. The molecule has 2 heterocycles. The lowest BCUT2D eigenvalue weighted by atomic mass is 10.2. The number of hydrogen-bond acceptors (Lipinski definition) is 4. The highest BCUT2D eigenvalue weighted by Crippen LogP contribution is 2.09. The summed E-state index contributed by atoms with van der Waals surface area (Å²) in [6.45, 7) is 4.19. The van der Waals surface area contributed by atoms with Gasteiger partial charge < -0.3 is 15.0 Å². The van der Waals surface area contributed by atoms with Crippen molar-refractivity contribution in [3.63, 3.8) is 0 Å². The van der Waals surface area contributed by atoms with Gasteiger partial charge in [-0.15, -0.1) is 0 Å².